The van der Waals surface area contributed by atoms with Gasteiger partial charge < -0.3 is 10.6 Å². The Balaban J connectivity index is 2.08. The molecule has 1 aliphatic rings. The smallest absolute Gasteiger partial charge is 0.122 e. The average Bonchev–Trinajstić information content (AvgIpc) is 2.39. The molecular weight excluding hydrogens is 210 g/mol. The van der Waals surface area contributed by atoms with Crippen molar-refractivity contribution in [3.63, 3.8) is 0 Å². The predicted molar refractivity (Wildman–Crippen MR) is 72.7 cm³/mol. The predicted octanol–water partition coefficient (Wildman–Crippen LogP) is 2.60. The lowest BCUT2D eigenvalue weighted by Gasteiger charge is -2.34. The molecule has 1 aromatic rings. The van der Waals surface area contributed by atoms with Crippen molar-refractivity contribution in [2.24, 2.45) is 11.7 Å². The van der Waals surface area contributed by atoms with Gasteiger partial charge in [-0.2, -0.15) is 0 Å². The van der Waals surface area contributed by atoms with Gasteiger partial charge in [0, 0.05) is 24.3 Å². The van der Waals surface area contributed by atoms with E-state index in [2.05, 4.69) is 24.0 Å². The molecule has 1 saturated heterocycles. The Hall–Kier alpha value is -1.51. The van der Waals surface area contributed by atoms with Gasteiger partial charge in [-0.15, -0.1) is 0 Å². The second-order valence-electron chi connectivity index (χ2n) is 4.82. The summed E-state index contributed by atoms with van der Waals surface area (Å²) in [6.07, 6.45) is 3.91. The van der Waals surface area contributed by atoms with Crippen LogP contribution in [0.4, 0.5) is 5.69 Å². The number of nitrogens with zero attached hydrogens (tertiary/aromatic N) is 1. The highest BCUT2D eigenvalue weighted by atomic mass is 15.1. The summed E-state index contributed by atoms with van der Waals surface area (Å²) in [7, 11) is 0. The minimum absolute atomic E-state index is 0.140. The second-order valence-corrected chi connectivity index (χ2v) is 4.82. The van der Waals surface area contributed by atoms with Gasteiger partial charge in [-0.25, -0.2) is 0 Å². The summed E-state index contributed by atoms with van der Waals surface area (Å²) in [6, 6.07) is 8.03. The summed E-state index contributed by atoms with van der Waals surface area (Å²) >= 11 is 0. The van der Waals surface area contributed by atoms with E-state index in [1.54, 1.807) is 0 Å². The molecule has 17 heavy (non-hydrogen) atoms. The third kappa shape index (κ3) is 2.78. The van der Waals surface area contributed by atoms with E-state index < -0.39 is 0 Å². The molecule has 1 aromatic carbocycles. The van der Waals surface area contributed by atoms with Crippen molar-refractivity contribution in [3.8, 4) is 0 Å². The number of hydrogen-bond acceptors (Lipinski definition) is 2. The highest BCUT2D eigenvalue weighted by Gasteiger charge is 2.18. The molecule has 0 saturated carbocycles. The molecule has 0 spiro atoms. The van der Waals surface area contributed by atoms with Gasteiger partial charge in [-0.1, -0.05) is 13.3 Å². The summed E-state index contributed by atoms with van der Waals surface area (Å²) in [5, 5.41) is 7.38. The van der Waals surface area contributed by atoms with Gasteiger partial charge in [0.15, 0.2) is 0 Å². The molecular formula is C14H21N3. The quantitative estimate of drug-likeness (QED) is 0.620. The number of nitrogens with two attached hydrogens (primary N) is 1. The van der Waals surface area contributed by atoms with Crippen LogP contribution in [0.5, 0.6) is 0 Å². The Labute approximate surface area is 103 Å². The summed E-state index contributed by atoms with van der Waals surface area (Å²) in [4.78, 5) is 2.45. The number of amidine groups is 1. The maximum atomic E-state index is 7.38. The molecule has 3 N–H and O–H groups in total. The average molecular weight is 231 g/mol. The van der Waals surface area contributed by atoms with E-state index in [0.717, 1.165) is 24.6 Å². The maximum absolute atomic E-state index is 7.38. The second kappa shape index (κ2) is 5.21. The number of nitrogens with one attached hydrogen (secondary N) is 1. The van der Waals surface area contributed by atoms with Gasteiger partial charge in [-0.3, -0.25) is 5.41 Å². The van der Waals surface area contributed by atoms with Gasteiger partial charge in [0.2, 0.25) is 0 Å². The van der Waals surface area contributed by atoms with Gasteiger partial charge >= 0.3 is 0 Å². The molecule has 0 aromatic heterocycles. The number of hydrogen-bond donors (Lipinski definition) is 2. The fourth-order valence-electron chi connectivity index (χ4n) is 2.48. The van der Waals surface area contributed by atoms with Crippen LogP contribution in [-0.2, 0) is 0 Å². The van der Waals surface area contributed by atoms with Crippen LogP contribution >= 0.6 is 0 Å². The van der Waals surface area contributed by atoms with Crippen LogP contribution in [0, 0.1) is 11.3 Å². The highest BCUT2D eigenvalue weighted by molar-refractivity contribution is 5.95. The summed E-state index contributed by atoms with van der Waals surface area (Å²) in [5.74, 6) is 0.970. The molecule has 1 atom stereocenters. The maximum Gasteiger partial charge on any atom is 0.122 e. The fourth-order valence-corrected chi connectivity index (χ4v) is 2.48. The zero-order chi connectivity index (χ0) is 12.3. The zero-order valence-electron chi connectivity index (χ0n) is 10.4. The SMILES string of the molecule is CCC1CCCN(c2ccc(C(=N)N)cc2)C1. The molecule has 0 amide bonds. The molecule has 1 unspecified atom stereocenters. The van der Waals surface area contributed by atoms with E-state index in [1.807, 2.05) is 12.1 Å². The van der Waals surface area contributed by atoms with Crippen molar-refractivity contribution >= 4 is 11.5 Å². The van der Waals surface area contributed by atoms with Crippen molar-refractivity contribution < 1.29 is 0 Å². The van der Waals surface area contributed by atoms with Crippen molar-refractivity contribution in [3.05, 3.63) is 29.8 Å². The van der Waals surface area contributed by atoms with E-state index in [4.69, 9.17) is 11.1 Å². The third-order valence-corrected chi connectivity index (χ3v) is 3.64. The Morgan fingerprint density at radius 1 is 1.41 bits per heavy atom. The lowest BCUT2D eigenvalue weighted by Crippen LogP contribution is -2.35. The van der Waals surface area contributed by atoms with Crippen LogP contribution in [0.3, 0.4) is 0 Å². The van der Waals surface area contributed by atoms with E-state index in [0.29, 0.717) is 0 Å². The molecule has 1 fully saturated rings. The van der Waals surface area contributed by atoms with E-state index >= 15 is 0 Å². The standard InChI is InChI=1S/C14H21N3/c1-2-11-4-3-9-17(10-11)13-7-5-12(6-8-13)14(15)16/h5-8,11H,2-4,9-10H2,1H3,(H3,15,16). The molecule has 3 heteroatoms. The number of benzene rings is 1. The van der Waals surface area contributed by atoms with Crippen molar-refractivity contribution in [1.82, 2.24) is 0 Å². The van der Waals surface area contributed by atoms with Crippen molar-refractivity contribution in [2.75, 3.05) is 18.0 Å². The molecule has 1 heterocycles. The topological polar surface area (TPSA) is 53.1 Å². The number of rotatable bonds is 3. The number of anilines is 1. The largest absolute Gasteiger partial charge is 0.384 e. The normalized spacial score (nSPS) is 20.3. The van der Waals surface area contributed by atoms with Crippen molar-refractivity contribution in [2.45, 2.75) is 26.2 Å². The zero-order valence-corrected chi connectivity index (χ0v) is 10.4. The minimum atomic E-state index is 0.140. The van der Waals surface area contributed by atoms with E-state index in [-0.39, 0.29) is 5.84 Å². The van der Waals surface area contributed by atoms with Gasteiger partial charge in [0.25, 0.3) is 0 Å². The van der Waals surface area contributed by atoms with Crippen LogP contribution in [0.25, 0.3) is 0 Å². The minimum Gasteiger partial charge on any atom is -0.384 e. The lowest BCUT2D eigenvalue weighted by molar-refractivity contribution is 0.405. The molecule has 1 aliphatic heterocycles. The van der Waals surface area contributed by atoms with Gasteiger partial charge in [-0.05, 0) is 43.0 Å². The molecule has 92 valence electrons. The highest BCUT2D eigenvalue weighted by Crippen LogP contribution is 2.24. The molecule has 0 aliphatic carbocycles. The Morgan fingerprint density at radius 2 is 2.12 bits per heavy atom. The Kier molecular flexibility index (Phi) is 3.67. The first-order valence-electron chi connectivity index (χ1n) is 6.40. The number of nitrogen functional groups attached to an aromatic ring is 1. The first-order chi connectivity index (χ1) is 8.20. The monoisotopic (exact) mass is 231 g/mol. The van der Waals surface area contributed by atoms with Crippen LogP contribution in [0.15, 0.2) is 24.3 Å². The van der Waals surface area contributed by atoms with Gasteiger partial charge in [0.05, 0.1) is 0 Å². The summed E-state index contributed by atoms with van der Waals surface area (Å²) in [6.45, 7) is 4.58. The van der Waals surface area contributed by atoms with Crippen molar-refractivity contribution in [1.29, 1.82) is 5.41 Å². The van der Waals surface area contributed by atoms with Crippen LogP contribution < -0.4 is 10.6 Å². The van der Waals surface area contributed by atoms with Crippen LogP contribution in [0.1, 0.15) is 31.7 Å². The van der Waals surface area contributed by atoms with E-state index in [1.165, 1.54) is 24.9 Å². The summed E-state index contributed by atoms with van der Waals surface area (Å²) in [5.41, 5.74) is 7.52. The van der Waals surface area contributed by atoms with Crippen LogP contribution in [-0.4, -0.2) is 18.9 Å². The lowest BCUT2D eigenvalue weighted by atomic mass is 9.95. The molecule has 0 radical (unpaired) electrons. The van der Waals surface area contributed by atoms with E-state index in [9.17, 15) is 0 Å². The molecule has 0 bridgehead atoms. The first-order valence-corrected chi connectivity index (χ1v) is 6.40. The molecule has 3 nitrogen and oxygen atoms in total. The first kappa shape index (κ1) is 12.0. The third-order valence-electron chi connectivity index (χ3n) is 3.64. The van der Waals surface area contributed by atoms with Crippen LogP contribution in [0.2, 0.25) is 0 Å². The summed E-state index contributed by atoms with van der Waals surface area (Å²) < 4.78 is 0. The molecule has 2 rings (SSSR count). The Morgan fingerprint density at radius 3 is 2.71 bits per heavy atom. The Bertz CT molecular complexity index is 383. The number of piperidine rings is 1. The van der Waals surface area contributed by atoms with Gasteiger partial charge in [0.1, 0.15) is 5.84 Å². The fraction of sp³-hybridized carbons (Fsp3) is 0.500.